The number of rotatable bonds is 3. The Morgan fingerprint density at radius 2 is 1.83 bits per heavy atom. The lowest BCUT2D eigenvalue weighted by Gasteiger charge is -2.36. The number of fused-ring (bicyclic) bond motifs is 1. The maximum Gasteiger partial charge on any atom is 0.120 e. The number of aromatic nitrogens is 1. The van der Waals surface area contributed by atoms with E-state index in [1.807, 2.05) is 18.2 Å². The van der Waals surface area contributed by atoms with Gasteiger partial charge in [0.05, 0.1) is 17.3 Å². The molecule has 2 aromatic rings. The number of benzene rings is 1. The van der Waals surface area contributed by atoms with Gasteiger partial charge in [-0.3, -0.25) is 4.98 Å². The Morgan fingerprint density at radius 3 is 2.48 bits per heavy atom. The van der Waals surface area contributed by atoms with Crippen LogP contribution in [0.1, 0.15) is 52.1 Å². The van der Waals surface area contributed by atoms with E-state index in [4.69, 9.17) is 10.5 Å². The second-order valence-electron chi connectivity index (χ2n) is 7.82. The second-order valence-corrected chi connectivity index (χ2v) is 7.82. The molecule has 0 aliphatic heterocycles. The van der Waals surface area contributed by atoms with Gasteiger partial charge >= 0.3 is 0 Å². The smallest absolute Gasteiger partial charge is 0.120 e. The van der Waals surface area contributed by atoms with Gasteiger partial charge in [-0.05, 0) is 61.3 Å². The molecule has 0 amide bonds. The molecule has 0 bridgehead atoms. The van der Waals surface area contributed by atoms with Crippen LogP contribution in [0.15, 0.2) is 30.3 Å². The molecule has 3 nitrogen and oxygen atoms in total. The van der Waals surface area contributed by atoms with Crippen LogP contribution in [0.25, 0.3) is 10.9 Å². The Hall–Kier alpha value is -1.61. The van der Waals surface area contributed by atoms with Crippen LogP contribution in [0.4, 0.5) is 0 Å². The van der Waals surface area contributed by atoms with E-state index >= 15 is 0 Å². The average Bonchev–Trinajstić information content (AvgIpc) is 2.54. The van der Waals surface area contributed by atoms with Crippen molar-refractivity contribution in [2.45, 2.75) is 59.1 Å². The van der Waals surface area contributed by atoms with Gasteiger partial charge in [0.25, 0.3) is 0 Å². The van der Waals surface area contributed by atoms with Crippen molar-refractivity contribution in [2.75, 3.05) is 0 Å². The Bertz CT molecular complexity index is 667. The lowest BCUT2D eigenvalue weighted by molar-refractivity contribution is 0.0883. The predicted octanol–water partition coefficient (Wildman–Crippen LogP) is 4.68. The monoisotopic (exact) mass is 312 g/mol. The summed E-state index contributed by atoms with van der Waals surface area (Å²) in [6, 6.07) is 10.2. The van der Waals surface area contributed by atoms with Crippen molar-refractivity contribution in [3.63, 3.8) is 0 Å². The minimum Gasteiger partial charge on any atom is -0.490 e. The van der Waals surface area contributed by atoms with Gasteiger partial charge in [0.15, 0.2) is 0 Å². The molecule has 124 valence electrons. The first-order valence-corrected chi connectivity index (χ1v) is 8.72. The normalized spacial score (nSPS) is 22.3. The second kappa shape index (κ2) is 6.48. The van der Waals surface area contributed by atoms with E-state index in [2.05, 4.69) is 37.9 Å². The summed E-state index contributed by atoms with van der Waals surface area (Å²) in [5.41, 5.74) is 7.97. The van der Waals surface area contributed by atoms with Crippen LogP contribution in [0.3, 0.4) is 0 Å². The van der Waals surface area contributed by atoms with Crippen LogP contribution in [0.2, 0.25) is 0 Å². The zero-order chi connectivity index (χ0) is 16.4. The van der Waals surface area contributed by atoms with Gasteiger partial charge in [0, 0.05) is 11.9 Å². The van der Waals surface area contributed by atoms with Gasteiger partial charge in [-0.15, -0.1) is 0 Å². The van der Waals surface area contributed by atoms with Gasteiger partial charge < -0.3 is 10.5 Å². The lowest BCUT2D eigenvalue weighted by Crippen LogP contribution is -2.30. The van der Waals surface area contributed by atoms with Gasteiger partial charge in [-0.1, -0.05) is 26.8 Å². The molecule has 23 heavy (non-hydrogen) atoms. The van der Waals surface area contributed by atoms with Crippen LogP contribution < -0.4 is 10.5 Å². The van der Waals surface area contributed by atoms with Crippen LogP contribution in [0.5, 0.6) is 5.75 Å². The molecule has 0 unspecified atom stereocenters. The van der Waals surface area contributed by atoms with Crippen molar-refractivity contribution in [1.29, 1.82) is 0 Å². The largest absolute Gasteiger partial charge is 0.490 e. The molecule has 0 spiro atoms. The average molecular weight is 312 g/mol. The fourth-order valence-electron chi connectivity index (χ4n) is 3.57. The Kier molecular flexibility index (Phi) is 4.58. The fourth-order valence-corrected chi connectivity index (χ4v) is 3.57. The summed E-state index contributed by atoms with van der Waals surface area (Å²) in [5, 5.41) is 1.11. The molecular formula is C20H28N2O. The number of ether oxygens (including phenoxy) is 1. The van der Waals surface area contributed by atoms with E-state index in [1.54, 1.807) is 0 Å². The van der Waals surface area contributed by atoms with E-state index in [0.717, 1.165) is 41.1 Å². The van der Waals surface area contributed by atoms with E-state index in [9.17, 15) is 0 Å². The molecule has 1 aliphatic carbocycles. The van der Waals surface area contributed by atoms with Gasteiger partial charge in [0.2, 0.25) is 0 Å². The molecule has 1 aliphatic rings. The molecule has 1 heterocycles. The molecule has 2 N–H and O–H groups in total. The van der Waals surface area contributed by atoms with Crippen LogP contribution in [-0.2, 0) is 6.54 Å². The Morgan fingerprint density at radius 1 is 1.09 bits per heavy atom. The third-order valence-corrected chi connectivity index (χ3v) is 5.13. The molecule has 3 heteroatoms. The first-order chi connectivity index (χ1) is 11.0. The van der Waals surface area contributed by atoms with Crippen molar-refractivity contribution < 1.29 is 4.74 Å². The van der Waals surface area contributed by atoms with Crippen molar-refractivity contribution in [3.8, 4) is 5.75 Å². The highest BCUT2D eigenvalue weighted by atomic mass is 16.5. The third-order valence-electron chi connectivity index (χ3n) is 5.13. The number of nitrogens with zero attached hydrogens (tertiary/aromatic N) is 1. The minimum absolute atomic E-state index is 0.349. The summed E-state index contributed by atoms with van der Waals surface area (Å²) in [5.74, 6) is 1.77. The van der Waals surface area contributed by atoms with Crippen molar-refractivity contribution in [3.05, 3.63) is 36.0 Å². The number of hydrogen-bond donors (Lipinski definition) is 1. The first-order valence-electron chi connectivity index (χ1n) is 8.72. The van der Waals surface area contributed by atoms with Crippen LogP contribution in [-0.4, -0.2) is 11.1 Å². The van der Waals surface area contributed by atoms with Gasteiger partial charge in [0.1, 0.15) is 5.75 Å². The molecular weight excluding hydrogens is 284 g/mol. The van der Waals surface area contributed by atoms with Crippen molar-refractivity contribution in [1.82, 2.24) is 4.98 Å². The highest BCUT2D eigenvalue weighted by molar-refractivity contribution is 5.80. The summed E-state index contributed by atoms with van der Waals surface area (Å²) in [6.07, 6.45) is 5.20. The number of nitrogens with two attached hydrogens (primary N) is 1. The molecule has 1 fully saturated rings. The van der Waals surface area contributed by atoms with E-state index in [-0.39, 0.29) is 0 Å². The Balaban J connectivity index is 1.66. The quantitative estimate of drug-likeness (QED) is 0.895. The summed E-state index contributed by atoms with van der Waals surface area (Å²) in [7, 11) is 0. The lowest BCUT2D eigenvalue weighted by atomic mass is 9.72. The Labute approximate surface area is 139 Å². The maximum atomic E-state index is 6.23. The molecule has 0 atom stereocenters. The topological polar surface area (TPSA) is 48.1 Å². The molecule has 1 aromatic carbocycles. The summed E-state index contributed by atoms with van der Waals surface area (Å²) < 4.78 is 6.23. The number of hydrogen-bond acceptors (Lipinski definition) is 3. The SMILES string of the molecule is CC(C)(C)C1CCC(Oc2ccc3nc(CN)ccc3c2)CC1. The molecule has 1 aromatic heterocycles. The van der Waals surface area contributed by atoms with E-state index in [0.29, 0.717) is 18.1 Å². The summed E-state index contributed by atoms with van der Waals surface area (Å²) in [6.45, 7) is 7.53. The van der Waals surface area contributed by atoms with Crippen molar-refractivity contribution in [2.24, 2.45) is 17.1 Å². The standard InChI is InChI=1S/C20H28N2O/c1-20(2,3)15-5-8-17(9-6-15)23-18-10-11-19-14(12-18)4-7-16(13-21)22-19/h4,7,10-12,15,17H,5-6,8-9,13,21H2,1-3H3. The predicted molar refractivity (Wildman–Crippen MR) is 95.5 cm³/mol. The zero-order valence-corrected chi connectivity index (χ0v) is 14.5. The maximum absolute atomic E-state index is 6.23. The third kappa shape index (κ3) is 3.84. The highest BCUT2D eigenvalue weighted by Gasteiger charge is 2.30. The number of pyridine rings is 1. The van der Waals surface area contributed by atoms with Crippen LogP contribution in [0, 0.1) is 11.3 Å². The van der Waals surface area contributed by atoms with Crippen molar-refractivity contribution >= 4 is 10.9 Å². The van der Waals surface area contributed by atoms with E-state index < -0.39 is 0 Å². The minimum atomic E-state index is 0.349. The first kappa shape index (κ1) is 16.3. The molecule has 1 saturated carbocycles. The summed E-state index contributed by atoms with van der Waals surface area (Å²) in [4.78, 5) is 4.54. The highest BCUT2D eigenvalue weighted by Crippen LogP contribution is 2.38. The van der Waals surface area contributed by atoms with Gasteiger partial charge in [-0.25, -0.2) is 0 Å². The molecule has 0 radical (unpaired) electrons. The van der Waals surface area contributed by atoms with Gasteiger partial charge in [-0.2, -0.15) is 0 Å². The summed E-state index contributed by atoms with van der Waals surface area (Å²) >= 11 is 0. The zero-order valence-electron chi connectivity index (χ0n) is 14.5. The molecule has 3 rings (SSSR count). The molecule has 0 saturated heterocycles. The van der Waals surface area contributed by atoms with E-state index in [1.165, 1.54) is 12.8 Å². The fraction of sp³-hybridized carbons (Fsp3) is 0.550. The van der Waals surface area contributed by atoms with Crippen LogP contribution >= 0.6 is 0 Å².